The average molecular weight is 152 g/mol. The van der Waals surface area contributed by atoms with Gasteiger partial charge in [-0.3, -0.25) is 0 Å². The summed E-state index contributed by atoms with van der Waals surface area (Å²) in [6.07, 6.45) is 7.06. The van der Waals surface area contributed by atoms with Gasteiger partial charge < -0.3 is 9.67 Å². The van der Waals surface area contributed by atoms with E-state index in [1.54, 1.807) is 0 Å². The number of fused-ring (bicyclic) bond motifs is 1. The number of imidazole rings is 1. The van der Waals surface area contributed by atoms with Crippen LogP contribution in [0.5, 0.6) is 0 Å². The van der Waals surface area contributed by atoms with E-state index < -0.39 is 0 Å². The monoisotopic (exact) mass is 152 g/mol. The van der Waals surface area contributed by atoms with Crippen LogP contribution in [0.15, 0.2) is 12.4 Å². The second-order valence-electron chi connectivity index (χ2n) is 2.98. The molecule has 0 radical (unpaired) electrons. The van der Waals surface area contributed by atoms with Gasteiger partial charge in [-0.15, -0.1) is 0 Å². The highest BCUT2D eigenvalue weighted by Gasteiger charge is 2.17. The fourth-order valence-electron chi connectivity index (χ4n) is 1.68. The number of hydrogen-bond acceptors (Lipinski definition) is 2. The Morgan fingerprint density at radius 3 is 3.45 bits per heavy atom. The predicted molar refractivity (Wildman–Crippen MR) is 41.3 cm³/mol. The van der Waals surface area contributed by atoms with E-state index in [4.69, 9.17) is 5.11 Å². The summed E-state index contributed by atoms with van der Waals surface area (Å²) in [7, 11) is 0. The van der Waals surface area contributed by atoms with E-state index in [-0.39, 0.29) is 12.6 Å². The lowest BCUT2D eigenvalue weighted by molar-refractivity contribution is 0.206. The molecule has 2 heterocycles. The maximum Gasteiger partial charge on any atom is 0.108 e. The highest BCUT2D eigenvalue weighted by molar-refractivity contribution is 4.98. The van der Waals surface area contributed by atoms with Crippen molar-refractivity contribution in [2.24, 2.45) is 0 Å². The fraction of sp³-hybridized carbons (Fsp3) is 0.625. The molecule has 0 aliphatic carbocycles. The second-order valence-corrected chi connectivity index (χ2v) is 2.98. The molecular formula is C8H12N2O. The van der Waals surface area contributed by atoms with Crippen molar-refractivity contribution >= 4 is 0 Å². The number of aromatic nitrogens is 2. The van der Waals surface area contributed by atoms with E-state index in [1.165, 1.54) is 0 Å². The second kappa shape index (κ2) is 2.66. The minimum Gasteiger partial charge on any atom is -0.394 e. The topological polar surface area (TPSA) is 38.1 Å². The highest BCUT2D eigenvalue weighted by Crippen LogP contribution is 2.22. The van der Waals surface area contributed by atoms with Gasteiger partial charge in [-0.2, -0.15) is 0 Å². The summed E-state index contributed by atoms with van der Waals surface area (Å²) in [5, 5.41) is 9.01. The van der Waals surface area contributed by atoms with Crippen LogP contribution in [-0.2, 0) is 6.42 Å². The molecule has 0 bridgehead atoms. The van der Waals surface area contributed by atoms with E-state index in [1.807, 2.05) is 12.4 Å². The van der Waals surface area contributed by atoms with Crippen LogP contribution in [0.25, 0.3) is 0 Å². The molecule has 11 heavy (non-hydrogen) atoms. The SMILES string of the molecule is OC[C@H]1CCCc2nccn21. The largest absolute Gasteiger partial charge is 0.394 e. The Kier molecular flexibility index (Phi) is 1.66. The summed E-state index contributed by atoms with van der Waals surface area (Å²) in [6, 6.07) is 0.279. The Bertz CT molecular complexity index is 244. The summed E-state index contributed by atoms with van der Waals surface area (Å²) < 4.78 is 2.09. The number of nitrogens with zero attached hydrogens (tertiary/aromatic N) is 2. The Balaban J connectivity index is 2.32. The van der Waals surface area contributed by atoms with Crippen molar-refractivity contribution in [1.82, 2.24) is 9.55 Å². The van der Waals surface area contributed by atoms with Gasteiger partial charge in [0.2, 0.25) is 0 Å². The van der Waals surface area contributed by atoms with Gasteiger partial charge >= 0.3 is 0 Å². The molecule has 1 atom stereocenters. The molecule has 3 heteroatoms. The van der Waals surface area contributed by atoms with Crippen LogP contribution >= 0.6 is 0 Å². The number of aryl methyl sites for hydroxylation is 1. The molecule has 0 amide bonds. The Hall–Kier alpha value is -0.830. The highest BCUT2D eigenvalue weighted by atomic mass is 16.3. The first-order chi connectivity index (χ1) is 5.42. The average Bonchev–Trinajstić information content (AvgIpc) is 2.50. The van der Waals surface area contributed by atoms with Gasteiger partial charge in [0.15, 0.2) is 0 Å². The maximum absolute atomic E-state index is 9.01. The molecular weight excluding hydrogens is 140 g/mol. The normalized spacial score (nSPS) is 23.2. The van der Waals surface area contributed by atoms with Crippen LogP contribution < -0.4 is 0 Å². The molecule has 1 N–H and O–H groups in total. The lowest BCUT2D eigenvalue weighted by Gasteiger charge is -2.22. The molecule has 1 aliphatic rings. The quantitative estimate of drug-likeness (QED) is 0.645. The van der Waals surface area contributed by atoms with Gasteiger partial charge in [-0.05, 0) is 12.8 Å². The summed E-state index contributed by atoms with van der Waals surface area (Å²) in [5.41, 5.74) is 0. The van der Waals surface area contributed by atoms with Gasteiger partial charge in [0.1, 0.15) is 5.82 Å². The van der Waals surface area contributed by atoms with Crippen molar-refractivity contribution in [3.8, 4) is 0 Å². The van der Waals surface area contributed by atoms with E-state index in [0.717, 1.165) is 25.1 Å². The van der Waals surface area contributed by atoms with Gasteiger partial charge in [0.05, 0.1) is 12.6 Å². The molecule has 0 unspecified atom stereocenters. The van der Waals surface area contributed by atoms with E-state index >= 15 is 0 Å². The zero-order valence-corrected chi connectivity index (χ0v) is 6.40. The smallest absolute Gasteiger partial charge is 0.108 e. The molecule has 0 spiro atoms. The molecule has 1 aliphatic heterocycles. The third-order valence-corrected chi connectivity index (χ3v) is 2.29. The van der Waals surface area contributed by atoms with Crippen molar-refractivity contribution in [3.05, 3.63) is 18.2 Å². The first kappa shape index (κ1) is 6.85. The van der Waals surface area contributed by atoms with Crippen LogP contribution in [0.3, 0.4) is 0 Å². The zero-order chi connectivity index (χ0) is 7.68. The maximum atomic E-state index is 9.01. The molecule has 0 aromatic carbocycles. The third kappa shape index (κ3) is 1.05. The first-order valence-electron chi connectivity index (χ1n) is 4.04. The van der Waals surface area contributed by atoms with Crippen molar-refractivity contribution in [1.29, 1.82) is 0 Å². The van der Waals surface area contributed by atoms with Gasteiger partial charge in [-0.25, -0.2) is 4.98 Å². The molecule has 0 fully saturated rings. The lowest BCUT2D eigenvalue weighted by atomic mass is 10.1. The fourth-order valence-corrected chi connectivity index (χ4v) is 1.68. The standard InChI is InChI=1S/C8H12N2O/c11-6-7-2-1-3-8-9-4-5-10(7)8/h4-5,7,11H,1-3,6H2/t7-/m1/s1. The Labute approximate surface area is 65.7 Å². The minimum absolute atomic E-state index is 0.239. The third-order valence-electron chi connectivity index (χ3n) is 2.29. The zero-order valence-electron chi connectivity index (χ0n) is 6.40. The minimum atomic E-state index is 0.239. The van der Waals surface area contributed by atoms with Crippen molar-refractivity contribution in [2.45, 2.75) is 25.3 Å². The van der Waals surface area contributed by atoms with Gasteiger partial charge in [0, 0.05) is 18.8 Å². The number of rotatable bonds is 1. The molecule has 60 valence electrons. The molecule has 2 rings (SSSR count). The van der Waals surface area contributed by atoms with E-state index in [2.05, 4.69) is 9.55 Å². The number of aliphatic hydroxyl groups is 1. The summed E-state index contributed by atoms with van der Waals surface area (Å²) in [6.45, 7) is 0.239. The summed E-state index contributed by atoms with van der Waals surface area (Å²) >= 11 is 0. The van der Waals surface area contributed by atoms with Gasteiger partial charge in [0.25, 0.3) is 0 Å². The number of hydrogen-bond donors (Lipinski definition) is 1. The van der Waals surface area contributed by atoms with Crippen LogP contribution in [0.4, 0.5) is 0 Å². The summed E-state index contributed by atoms with van der Waals surface area (Å²) in [4.78, 5) is 4.21. The Morgan fingerprint density at radius 2 is 2.64 bits per heavy atom. The molecule has 1 aromatic heterocycles. The number of aliphatic hydroxyl groups excluding tert-OH is 1. The molecule has 1 aromatic rings. The van der Waals surface area contributed by atoms with Crippen molar-refractivity contribution in [2.75, 3.05) is 6.61 Å². The van der Waals surface area contributed by atoms with Crippen LogP contribution in [0.2, 0.25) is 0 Å². The van der Waals surface area contributed by atoms with Gasteiger partial charge in [-0.1, -0.05) is 0 Å². The molecule has 0 saturated heterocycles. The van der Waals surface area contributed by atoms with E-state index in [9.17, 15) is 0 Å². The van der Waals surface area contributed by atoms with Crippen molar-refractivity contribution < 1.29 is 5.11 Å². The predicted octanol–water partition coefficient (Wildman–Crippen LogP) is 0.753. The van der Waals surface area contributed by atoms with Crippen LogP contribution in [-0.4, -0.2) is 21.3 Å². The van der Waals surface area contributed by atoms with Crippen LogP contribution in [0, 0.1) is 0 Å². The Morgan fingerprint density at radius 1 is 1.73 bits per heavy atom. The van der Waals surface area contributed by atoms with Crippen molar-refractivity contribution in [3.63, 3.8) is 0 Å². The first-order valence-corrected chi connectivity index (χ1v) is 4.04. The summed E-state index contributed by atoms with van der Waals surface area (Å²) in [5.74, 6) is 1.12. The molecule has 0 saturated carbocycles. The molecule has 3 nitrogen and oxygen atoms in total. The van der Waals surface area contributed by atoms with Crippen LogP contribution in [0.1, 0.15) is 24.7 Å². The lowest BCUT2D eigenvalue weighted by Crippen LogP contribution is -2.20. The van der Waals surface area contributed by atoms with E-state index in [0.29, 0.717) is 0 Å².